The fourth-order valence-corrected chi connectivity index (χ4v) is 6.87. The molecule has 2 aliphatic rings. The molecule has 2 atom stereocenters. The Morgan fingerprint density at radius 3 is 2.56 bits per heavy atom. The number of rotatable bonds is 11. The summed E-state index contributed by atoms with van der Waals surface area (Å²) in [6, 6.07) is 7.30. The maximum atomic E-state index is 16.5. The van der Waals surface area contributed by atoms with Crippen molar-refractivity contribution in [2.45, 2.75) is 77.4 Å². The Kier molecular flexibility index (Phi) is 9.35. The lowest BCUT2D eigenvalue weighted by Crippen LogP contribution is -2.50. The van der Waals surface area contributed by atoms with Gasteiger partial charge >= 0.3 is 11.7 Å². The van der Waals surface area contributed by atoms with Crippen LogP contribution in [0.5, 0.6) is 0 Å². The van der Waals surface area contributed by atoms with E-state index in [2.05, 4.69) is 20.6 Å². The number of carbonyl (C=O) groups is 1. The molecule has 3 heterocycles. The number of nitrogens with one attached hydrogen (secondary N) is 4. The predicted molar refractivity (Wildman–Crippen MR) is 180 cm³/mol. The first kappa shape index (κ1) is 33.3. The first-order valence-corrected chi connectivity index (χ1v) is 16.5. The molecule has 2 aromatic heterocycles. The third-order valence-corrected chi connectivity index (χ3v) is 9.52. The van der Waals surface area contributed by atoms with E-state index >= 15 is 8.78 Å². The third-order valence-electron chi connectivity index (χ3n) is 9.52. The standard InChI is InChI=1S/C35H40F2N6O5/c1-4-20-14-22(10-7-18(20)2)39-26-16-27(44)43(35(48)40-26)12-5-6-25(42-13-11-38-19(3)17-42)28-24(36)15-23-32(30(28)37)41-31(21-8-9-21)29(33(23)45)34(46)47/h7,10,14-16,19,21,25,38-39H,4-6,8-9,11-13,17H2,1-3H3,(H,40,48)(H,41,45)(H,46,47)/t19?,25-/m0/s1. The van der Waals surface area contributed by atoms with E-state index in [0.29, 0.717) is 32.5 Å². The average molecular weight is 663 g/mol. The van der Waals surface area contributed by atoms with Crippen molar-refractivity contribution < 1.29 is 18.7 Å². The summed E-state index contributed by atoms with van der Waals surface area (Å²) in [5, 5.41) is 15.8. The van der Waals surface area contributed by atoms with E-state index in [1.807, 2.05) is 43.9 Å². The SMILES string of the molecule is CCc1cc(Nc2cc(=O)n(CCC[C@@H](c3c(F)cc4c(=O)c(C(=O)O)c(C5CC5)[nH]c4c3F)N3CCNC(C)C3)c(=O)[nH]2)ccc1C. The lowest BCUT2D eigenvalue weighted by atomic mass is 9.95. The number of aromatic nitrogens is 3. The van der Waals surface area contributed by atoms with Gasteiger partial charge in [0.15, 0.2) is 5.82 Å². The number of carboxylic acids is 1. The van der Waals surface area contributed by atoms with Crippen LogP contribution in [0.2, 0.25) is 0 Å². The fourth-order valence-electron chi connectivity index (χ4n) is 6.87. The molecule has 1 aliphatic carbocycles. The van der Waals surface area contributed by atoms with Gasteiger partial charge in [0.05, 0.1) is 10.9 Å². The van der Waals surface area contributed by atoms with Crippen LogP contribution >= 0.6 is 0 Å². The van der Waals surface area contributed by atoms with E-state index in [9.17, 15) is 24.3 Å². The molecular formula is C35H40F2N6O5. The summed E-state index contributed by atoms with van der Waals surface area (Å²) >= 11 is 0. The highest BCUT2D eigenvalue weighted by Crippen LogP contribution is 2.41. The highest BCUT2D eigenvalue weighted by Gasteiger charge is 2.35. The Labute approximate surface area is 275 Å². The fraction of sp³-hybridized carbons (Fsp3) is 0.429. The molecule has 5 N–H and O–H groups in total. The maximum absolute atomic E-state index is 16.5. The smallest absolute Gasteiger partial charge is 0.341 e. The number of anilines is 2. The summed E-state index contributed by atoms with van der Waals surface area (Å²) in [5.74, 6) is -3.28. The van der Waals surface area contributed by atoms with Gasteiger partial charge in [-0.05, 0) is 75.3 Å². The van der Waals surface area contributed by atoms with Crippen LogP contribution in [-0.4, -0.2) is 56.2 Å². The van der Waals surface area contributed by atoms with Crippen LogP contribution < -0.4 is 27.3 Å². The van der Waals surface area contributed by atoms with Crippen molar-refractivity contribution in [2.75, 3.05) is 25.0 Å². The van der Waals surface area contributed by atoms with Crippen LogP contribution in [-0.2, 0) is 13.0 Å². The predicted octanol–water partition coefficient (Wildman–Crippen LogP) is 4.66. The highest BCUT2D eigenvalue weighted by molar-refractivity contribution is 5.94. The van der Waals surface area contributed by atoms with Crippen LogP contribution in [0.15, 0.2) is 44.7 Å². The largest absolute Gasteiger partial charge is 0.477 e. The van der Waals surface area contributed by atoms with Crippen molar-refractivity contribution in [1.82, 2.24) is 24.8 Å². The summed E-state index contributed by atoms with van der Waals surface area (Å²) in [6.45, 7) is 7.62. The quantitative estimate of drug-likeness (QED) is 0.156. The molecule has 13 heteroatoms. The summed E-state index contributed by atoms with van der Waals surface area (Å²) in [5.41, 5.74) is 0.215. The molecular weight excluding hydrogens is 622 g/mol. The number of piperazine rings is 1. The molecule has 0 bridgehead atoms. The molecule has 1 aliphatic heterocycles. The topological polar surface area (TPSA) is 152 Å². The van der Waals surface area contributed by atoms with Crippen LogP contribution in [0.3, 0.4) is 0 Å². The van der Waals surface area contributed by atoms with Gasteiger partial charge in [-0.2, -0.15) is 0 Å². The molecule has 2 fully saturated rings. The van der Waals surface area contributed by atoms with Crippen LogP contribution in [0.4, 0.5) is 20.3 Å². The molecule has 0 amide bonds. The van der Waals surface area contributed by atoms with Crippen molar-refractivity contribution in [1.29, 1.82) is 0 Å². The Balaban J connectivity index is 1.30. The van der Waals surface area contributed by atoms with E-state index in [4.69, 9.17) is 0 Å². The summed E-state index contributed by atoms with van der Waals surface area (Å²) < 4.78 is 33.5. The van der Waals surface area contributed by atoms with Gasteiger partial charge in [0.1, 0.15) is 17.2 Å². The average Bonchev–Trinajstić information content (AvgIpc) is 3.88. The van der Waals surface area contributed by atoms with Gasteiger partial charge in [-0.3, -0.25) is 24.0 Å². The first-order valence-electron chi connectivity index (χ1n) is 16.5. The molecule has 48 heavy (non-hydrogen) atoms. The molecule has 0 radical (unpaired) electrons. The second-order valence-electron chi connectivity index (χ2n) is 12.9. The monoisotopic (exact) mass is 662 g/mol. The number of aryl methyl sites for hydroxylation is 2. The summed E-state index contributed by atoms with van der Waals surface area (Å²) in [4.78, 5) is 58.8. The first-order chi connectivity index (χ1) is 23.0. The number of pyridine rings is 1. The molecule has 1 unspecified atom stereocenters. The second-order valence-corrected chi connectivity index (χ2v) is 12.9. The van der Waals surface area contributed by atoms with E-state index in [1.54, 1.807) is 0 Å². The van der Waals surface area contributed by atoms with Gasteiger partial charge in [0.2, 0.25) is 5.43 Å². The zero-order valence-corrected chi connectivity index (χ0v) is 27.2. The number of halogens is 2. The van der Waals surface area contributed by atoms with Gasteiger partial charge in [-0.15, -0.1) is 0 Å². The number of benzene rings is 2. The lowest BCUT2D eigenvalue weighted by Gasteiger charge is -2.38. The van der Waals surface area contributed by atoms with E-state index in [0.717, 1.165) is 33.9 Å². The molecule has 6 rings (SSSR count). The Morgan fingerprint density at radius 1 is 1.12 bits per heavy atom. The van der Waals surface area contributed by atoms with E-state index in [1.165, 1.54) is 6.07 Å². The van der Waals surface area contributed by atoms with Gasteiger partial charge in [0.25, 0.3) is 5.56 Å². The van der Waals surface area contributed by atoms with Crippen molar-refractivity contribution in [2.24, 2.45) is 0 Å². The van der Waals surface area contributed by atoms with Crippen LogP contribution in [0.25, 0.3) is 10.9 Å². The number of fused-ring (bicyclic) bond motifs is 1. The van der Waals surface area contributed by atoms with Crippen LogP contribution in [0.1, 0.15) is 84.2 Å². The van der Waals surface area contributed by atoms with E-state index in [-0.39, 0.29) is 59.3 Å². The number of hydrogen-bond acceptors (Lipinski definition) is 7. The molecule has 0 spiro atoms. The third kappa shape index (κ3) is 6.56. The number of carboxylic acid groups (broad SMARTS) is 1. The lowest BCUT2D eigenvalue weighted by molar-refractivity contribution is 0.0694. The molecule has 11 nitrogen and oxygen atoms in total. The van der Waals surface area contributed by atoms with Gasteiger partial charge in [0, 0.05) is 67.2 Å². The van der Waals surface area contributed by atoms with E-state index < -0.39 is 45.9 Å². The minimum Gasteiger partial charge on any atom is -0.477 e. The Hall–Kier alpha value is -4.62. The zero-order chi connectivity index (χ0) is 34.3. The van der Waals surface area contributed by atoms with Gasteiger partial charge < -0.3 is 20.7 Å². The molecule has 4 aromatic rings. The molecule has 1 saturated heterocycles. The zero-order valence-electron chi connectivity index (χ0n) is 27.2. The number of aromatic carboxylic acids is 1. The molecule has 1 saturated carbocycles. The van der Waals surface area contributed by atoms with Crippen molar-refractivity contribution in [3.63, 3.8) is 0 Å². The number of hydrogen-bond donors (Lipinski definition) is 5. The Morgan fingerprint density at radius 2 is 1.90 bits per heavy atom. The van der Waals surface area contributed by atoms with Crippen molar-refractivity contribution in [3.8, 4) is 0 Å². The van der Waals surface area contributed by atoms with Crippen molar-refractivity contribution in [3.05, 3.63) is 101 Å². The summed E-state index contributed by atoms with van der Waals surface area (Å²) in [6.07, 6.45) is 2.62. The minimum absolute atomic E-state index is 0.0125. The number of aromatic amines is 2. The van der Waals surface area contributed by atoms with Crippen molar-refractivity contribution >= 4 is 28.4 Å². The maximum Gasteiger partial charge on any atom is 0.341 e. The molecule has 254 valence electrons. The normalized spacial score (nSPS) is 17.5. The summed E-state index contributed by atoms with van der Waals surface area (Å²) in [7, 11) is 0. The molecule has 2 aromatic carbocycles. The van der Waals surface area contributed by atoms with Gasteiger partial charge in [-0.1, -0.05) is 13.0 Å². The number of H-pyrrole nitrogens is 2. The minimum atomic E-state index is -1.44. The highest BCUT2D eigenvalue weighted by atomic mass is 19.1. The second kappa shape index (κ2) is 13.5. The number of nitrogens with zero attached hydrogens (tertiary/aromatic N) is 2. The van der Waals surface area contributed by atoms with Crippen LogP contribution in [0, 0.1) is 18.6 Å². The Bertz CT molecular complexity index is 2040. The van der Waals surface area contributed by atoms with Gasteiger partial charge in [-0.25, -0.2) is 18.4 Å².